The van der Waals surface area contributed by atoms with Crippen molar-refractivity contribution in [3.8, 4) is 0 Å². The Labute approximate surface area is 174 Å². The van der Waals surface area contributed by atoms with Crippen LogP contribution >= 0.6 is 0 Å². The maximum absolute atomic E-state index is 13.3. The fourth-order valence-electron chi connectivity index (χ4n) is 4.12. The zero-order valence-electron chi connectivity index (χ0n) is 16.6. The molecule has 0 radical (unpaired) electrons. The smallest absolute Gasteiger partial charge is 0.254 e. The van der Waals surface area contributed by atoms with E-state index in [0.29, 0.717) is 57.5 Å². The van der Waals surface area contributed by atoms with Crippen molar-refractivity contribution in [2.45, 2.75) is 5.60 Å². The van der Waals surface area contributed by atoms with E-state index in [9.17, 15) is 4.79 Å². The second-order valence-electron chi connectivity index (χ2n) is 7.69. The summed E-state index contributed by atoms with van der Waals surface area (Å²) >= 11 is 0. The molecule has 3 aromatic rings. The van der Waals surface area contributed by atoms with Crippen molar-refractivity contribution < 1.29 is 14.3 Å². The Hall–Kier alpha value is -3.10. The first-order chi connectivity index (χ1) is 14.7. The minimum absolute atomic E-state index is 0.00446. The molecule has 8 heteroatoms. The molecule has 1 spiro atoms. The molecule has 0 N–H and O–H groups in total. The quantitative estimate of drug-likeness (QED) is 0.643. The molecule has 1 atom stereocenters. The van der Waals surface area contributed by atoms with E-state index in [1.54, 1.807) is 24.7 Å². The lowest BCUT2D eigenvalue weighted by Gasteiger charge is -2.43. The Balaban J connectivity index is 1.38. The molecule has 0 saturated carbocycles. The third kappa shape index (κ3) is 3.71. The van der Waals surface area contributed by atoms with Crippen molar-refractivity contribution in [2.75, 3.05) is 50.9 Å². The van der Waals surface area contributed by atoms with Crippen molar-refractivity contribution in [1.82, 2.24) is 19.9 Å². The van der Waals surface area contributed by atoms with Crippen molar-refractivity contribution in [3.05, 3.63) is 60.6 Å². The number of hydrogen-bond acceptors (Lipinski definition) is 7. The molecular weight excluding hydrogens is 382 g/mol. The van der Waals surface area contributed by atoms with E-state index < -0.39 is 5.60 Å². The number of aromatic nitrogens is 3. The summed E-state index contributed by atoms with van der Waals surface area (Å²) in [5.41, 5.74) is 0.927. The van der Waals surface area contributed by atoms with Crippen molar-refractivity contribution in [2.24, 2.45) is 0 Å². The predicted molar refractivity (Wildman–Crippen MR) is 111 cm³/mol. The molecule has 2 fully saturated rings. The van der Waals surface area contributed by atoms with Gasteiger partial charge in [-0.25, -0.2) is 9.97 Å². The monoisotopic (exact) mass is 405 g/mol. The summed E-state index contributed by atoms with van der Waals surface area (Å²) in [5.74, 6) is 0.645. The van der Waals surface area contributed by atoms with Crippen LogP contribution < -0.4 is 4.90 Å². The molecule has 2 aliphatic heterocycles. The number of carbonyl (C=O) groups is 1. The van der Waals surface area contributed by atoms with Crippen LogP contribution in [-0.4, -0.2) is 77.4 Å². The minimum Gasteiger partial charge on any atom is -0.376 e. The van der Waals surface area contributed by atoms with Crippen LogP contribution in [0, 0.1) is 0 Å². The van der Waals surface area contributed by atoms with Gasteiger partial charge in [-0.3, -0.25) is 9.78 Å². The van der Waals surface area contributed by atoms with Crippen molar-refractivity contribution >= 4 is 22.8 Å². The summed E-state index contributed by atoms with van der Waals surface area (Å²) in [6, 6.07) is 11.3. The molecule has 2 aromatic heterocycles. The van der Waals surface area contributed by atoms with Crippen LogP contribution in [0.2, 0.25) is 0 Å². The highest BCUT2D eigenvalue weighted by molar-refractivity contribution is 5.98. The average molecular weight is 405 g/mol. The third-order valence-electron chi connectivity index (χ3n) is 5.57. The number of rotatable bonds is 2. The number of morpholine rings is 1. The van der Waals surface area contributed by atoms with Gasteiger partial charge in [0.15, 0.2) is 0 Å². The fourth-order valence-corrected chi connectivity index (χ4v) is 4.12. The van der Waals surface area contributed by atoms with Crippen LogP contribution in [-0.2, 0) is 9.47 Å². The van der Waals surface area contributed by atoms with E-state index in [2.05, 4.69) is 19.9 Å². The van der Waals surface area contributed by atoms with Gasteiger partial charge in [-0.2, -0.15) is 0 Å². The van der Waals surface area contributed by atoms with Gasteiger partial charge in [0.1, 0.15) is 5.60 Å². The topological polar surface area (TPSA) is 80.7 Å². The first-order valence-electron chi connectivity index (χ1n) is 10.1. The third-order valence-corrected chi connectivity index (χ3v) is 5.57. The van der Waals surface area contributed by atoms with E-state index in [4.69, 9.17) is 9.47 Å². The highest BCUT2D eigenvalue weighted by atomic mass is 16.5. The zero-order valence-corrected chi connectivity index (χ0v) is 16.6. The number of anilines is 1. The van der Waals surface area contributed by atoms with E-state index in [1.165, 1.54) is 0 Å². The molecule has 2 saturated heterocycles. The molecule has 0 bridgehead atoms. The summed E-state index contributed by atoms with van der Waals surface area (Å²) < 4.78 is 12.1. The highest BCUT2D eigenvalue weighted by Crippen LogP contribution is 2.26. The van der Waals surface area contributed by atoms with Gasteiger partial charge in [0, 0.05) is 42.6 Å². The SMILES string of the molecule is O=C(c1ccc2ncccc2c1)N1CCOC2(COCCN(c3ncccn3)C2)C1. The molecular formula is C22H23N5O3. The van der Waals surface area contributed by atoms with Gasteiger partial charge in [-0.05, 0) is 30.3 Å². The van der Waals surface area contributed by atoms with E-state index in [0.717, 1.165) is 10.9 Å². The first kappa shape index (κ1) is 18.9. The normalized spacial score (nSPS) is 22.3. The number of hydrogen-bond donors (Lipinski definition) is 0. The van der Waals surface area contributed by atoms with Gasteiger partial charge in [-0.1, -0.05) is 6.07 Å². The Bertz CT molecular complexity index is 1050. The molecule has 1 aromatic carbocycles. The number of pyridine rings is 1. The van der Waals surface area contributed by atoms with E-state index in [1.807, 2.05) is 35.2 Å². The molecule has 2 aliphatic rings. The lowest BCUT2D eigenvalue weighted by Crippen LogP contribution is -2.60. The predicted octanol–water partition coefficient (Wildman–Crippen LogP) is 1.77. The van der Waals surface area contributed by atoms with Gasteiger partial charge < -0.3 is 19.3 Å². The molecule has 1 amide bonds. The van der Waals surface area contributed by atoms with Gasteiger partial charge in [0.2, 0.25) is 5.95 Å². The van der Waals surface area contributed by atoms with Crippen LogP contribution in [0.1, 0.15) is 10.4 Å². The molecule has 4 heterocycles. The van der Waals surface area contributed by atoms with E-state index in [-0.39, 0.29) is 5.91 Å². The van der Waals surface area contributed by atoms with Gasteiger partial charge >= 0.3 is 0 Å². The summed E-state index contributed by atoms with van der Waals surface area (Å²) in [7, 11) is 0. The van der Waals surface area contributed by atoms with Crippen LogP contribution in [0.3, 0.4) is 0 Å². The van der Waals surface area contributed by atoms with Gasteiger partial charge in [0.25, 0.3) is 5.91 Å². The maximum Gasteiger partial charge on any atom is 0.254 e. The summed E-state index contributed by atoms with van der Waals surface area (Å²) in [6.45, 7) is 3.72. The largest absolute Gasteiger partial charge is 0.376 e. The molecule has 30 heavy (non-hydrogen) atoms. The minimum atomic E-state index is -0.609. The Morgan fingerprint density at radius 2 is 1.83 bits per heavy atom. The average Bonchev–Trinajstić information content (AvgIpc) is 3.01. The number of nitrogens with zero attached hydrogens (tertiary/aromatic N) is 5. The molecule has 1 unspecified atom stereocenters. The lowest BCUT2D eigenvalue weighted by molar-refractivity contribution is -0.124. The number of amides is 1. The summed E-state index contributed by atoms with van der Waals surface area (Å²) in [5, 5.41) is 0.955. The second-order valence-corrected chi connectivity index (χ2v) is 7.69. The van der Waals surface area contributed by atoms with Crippen molar-refractivity contribution in [3.63, 3.8) is 0 Å². The molecule has 154 valence electrons. The van der Waals surface area contributed by atoms with E-state index >= 15 is 0 Å². The van der Waals surface area contributed by atoms with Crippen LogP contribution in [0.25, 0.3) is 10.9 Å². The number of benzene rings is 1. The standard InChI is InChI=1S/C22H23N5O3/c28-20(18-4-5-19-17(13-18)3-1-6-23-19)26-10-12-30-22(14-26)15-27(9-11-29-16-22)21-24-7-2-8-25-21/h1-8,13H,9-12,14-16H2. The lowest BCUT2D eigenvalue weighted by atomic mass is 10.0. The Morgan fingerprint density at radius 1 is 0.967 bits per heavy atom. The van der Waals surface area contributed by atoms with Gasteiger partial charge in [0.05, 0.1) is 38.4 Å². The summed E-state index contributed by atoms with van der Waals surface area (Å²) in [6.07, 6.45) is 5.21. The molecule has 5 rings (SSSR count). The summed E-state index contributed by atoms with van der Waals surface area (Å²) in [4.78, 5) is 30.3. The highest BCUT2D eigenvalue weighted by Gasteiger charge is 2.42. The number of carbonyl (C=O) groups excluding carboxylic acids is 1. The van der Waals surface area contributed by atoms with Crippen LogP contribution in [0.5, 0.6) is 0 Å². The number of ether oxygens (including phenoxy) is 2. The second kappa shape index (κ2) is 7.97. The van der Waals surface area contributed by atoms with Crippen molar-refractivity contribution in [1.29, 1.82) is 0 Å². The number of fused-ring (bicyclic) bond motifs is 1. The van der Waals surface area contributed by atoms with Crippen LogP contribution in [0.15, 0.2) is 55.0 Å². The Morgan fingerprint density at radius 3 is 2.73 bits per heavy atom. The fraction of sp³-hybridized carbons (Fsp3) is 0.364. The zero-order chi connectivity index (χ0) is 20.4. The first-order valence-corrected chi connectivity index (χ1v) is 10.1. The molecule has 0 aliphatic carbocycles. The molecule has 8 nitrogen and oxygen atoms in total. The maximum atomic E-state index is 13.3. The van der Waals surface area contributed by atoms with Crippen LogP contribution in [0.4, 0.5) is 5.95 Å². The van der Waals surface area contributed by atoms with Gasteiger partial charge in [-0.15, -0.1) is 0 Å². The Kier molecular flexibility index (Phi) is 5.02.